The van der Waals surface area contributed by atoms with E-state index in [4.69, 9.17) is 5.14 Å². The smallest absolute Gasteiger partial charge is 0.248 e. The van der Waals surface area contributed by atoms with Gasteiger partial charge in [-0.2, -0.15) is 0 Å². The van der Waals surface area contributed by atoms with Gasteiger partial charge in [-0.1, -0.05) is 35.9 Å². The Kier molecular flexibility index (Phi) is 4.98. The number of primary sulfonamides is 1. The quantitative estimate of drug-likeness (QED) is 0.844. The standard InChI is InChI=1S/C17H18N2O3S/c1-12-3-6-14(7-4-12)8-10-17(20)19-16-11-15(23(18,21)22)9-5-13(16)2/h3-11H,1-2H3,(H,19,20)(H2,18,21,22). The number of nitrogens with two attached hydrogens (primary N) is 1. The van der Waals surface area contributed by atoms with Crippen molar-refractivity contribution in [2.24, 2.45) is 5.14 Å². The highest BCUT2D eigenvalue weighted by Gasteiger charge is 2.10. The van der Waals surface area contributed by atoms with Gasteiger partial charge in [0.15, 0.2) is 0 Å². The second kappa shape index (κ2) is 6.76. The molecule has 0 saturated heterocycles. The number of sulfonamides is 1. The molecule has 2 rings (SSSR count). The summed E-state index contributed by atoms with van der Waals surface area (Å²) in [5.74, 6) is -0.347. The number of benzene rings is 2. The minimum atomic E-state index is -3.81. The summed E-state index contributed by atoms with van der Waals surface area (Å²) in [5, 5.41) is 7.76. The third-order valence-electron chi connectivity index (χ3n) is 3.30. The zero-order valence-corrected chi connectivity index (χ0v) is 13.7. The Morgan fingerprint density at radius 1 is 1.09 bits per heavy atom. The number of rotatable bonds is 4. The SMILES string of the molecule is Cc1ccc(C=CC(=O)Nc2cc(S(N)(=O)=O)ccc2C)cc1. The van der Waals surface area contributed by atoms with Gasteiger partial charge < -0.3 is 5.32 Å². The highest BCUT2D eigenvalue weighted by molar-refractivity contribution is 7.89. The third kappa shape index (κ3) is 4.77. The van der Waals surface area contributed by atoms with Crippen LogP contribution < -0.4 is 10.5 Å². The topological polar surface area (TPSA) is 89.3 Å². The van der Waals surface area contributed by atoms with Crippen LogP contribution in [-0.2, 0) is 14.8 Å². The molecule has 0 atom stereocenters. The molecule has 2 aromatic rings. The number of nitrogens with one attached hydrogen (secondary N) is 1. The van der Waals surface area contributed by atoms with Crippen LogP contribution in [0.4, 0.5) is 5.69 Å². The van der Waals surface area contributed by atoms with Crippen LogP contribution in [0.5, 0.6) is 0 Å². The molecule has 0 aromatic heterocycles. The maximum absolute atomic E-state index is 12.0. The molecule has 0 unspecified atom stereocenters. The summed E-state index contributed by atoms with van der Waals surface area (Å²) in [4.78, 5) is 11.9. The number of carbonyl (C=O) groups is 1. The molecule has 2 aromatic carbocycles. The Morgan fingerprint density at radius 2 is 1.74 bits per heavy atom. The molecule has 0 fully saturated rings. The molecule has 0 radical (unpaired) electrons. The Morgan fingerprint density at radius 3 is 2.35 bits per heavy atom. The summed E-state index contributed by atoms with van der Waals surface area (Å²) < 4.78 is 22.7. The average Bonchev–Trinajstić information content (AvgIpc) is 2.48. The summed E-state index contributed by atoms with van der Waals surface area (Å²) in [7, 11) is -3.81. The van der Waals surface area contributed by atoms with Gasteiger partial charge in [-0.15, -0.1) is 0 Å². The summed E-state index contributed by atoms with van der Waals surface area (Å²) in [5.41, 5.74) is 3.20. The maximum atomic E-state index is 12.0. The lowest BCUT2D eigenvalue weighted by molar-refractivity contribution is -0.111. The predicted molar refractivity (Wildman–Crippen MR) is 91.4 cm³/mol. The molecule has 0 aliphatic heterocycles. The van der Waals surface area contributed by atoms with E-state index in [1.165, 1.54) is 18.2 Å². The summed E-state index contributed by atoms with van der Waals surface area (Å²) in [6.07, 6.45) is 3.08. The second-order valence-corrected chi connectivity index (χ2v) is 6.82. The van der Waals surface area contributed by atoms with Crippen molar-refractivity contribution in [1.82, 2.24) is 0 Å². The highest BCUT2D eigenvalue weighted by atomic mass is 32.2. The minimum absolute atomic E-state index is 0.0408. The molecule has 3 N–H and O–H groups in total. The van der Waals surface area contributed by atoms with Crippen LogP contribution in [0.15, 0.2) is 53.4 Å². The number of anilines is 1. The third-order valence-corrected chi connectivity index (χ3v) is 4.21. The van der Waals surface area contributed by atoms with E-state index in [0.717, 1.165) is 16.7 Å². The lowest BCUT2D eigenvalue weighted by atomic mass is 10.1. The molecular weight excluding hydrogens is 312 g/mol. The van der Waals surface area contributed by atoms with Gasteiger partial charge in [0.1, 0.15) is 0 Å². The Bertz CT molecular complexity index is 854. The molecule has 0 heterocycles. The van der Waals surface area contributed by atoms with Gasteiger partial charge in [0.05, 0.1) is 4.90 Å². The molecule has 5 nitrogen and oxygen atoms in total. The molecular formula is C17H18N2O3S. The zero-order valence-electron chi connectivity index (χ0n) is 12.9. The summed E-state index contributed by atoms with van der Waals surface area (Å²) in [6, 6.07) is 12.1. The van der Waals surface area contributed by atoms with Gasteiger partial charge in [-0.05, 0) is 43.2 Å². The van der Waals surface area contributed by atoms with E-state index < -0.39 is 10.0 Å². The van der Waals surface area contributed by atoms with Crippen LogP contribution >= 0.6 is 0 Å². The van der Waals surface area contributed by atoms with Crippen LogP contribution in [0, 0.1) is 13.8 Å². The lowest BCUT2D eigenvalue weighted by Crippen LogP contribution is -2.14. The molecule has 0 saturated carbocycles. The maximum Gasteiger partial charge on any atom is 0.248 e. The largest absolute Gasteiger partial charge is 0.322 e. The summed E-state index contributed by atoms with van der Waals surface area (Å²) in [6.45, 7) is 3.76. The van der Waals surface area contributed by atoms with Crippen molar-refractivity contribution in [3.05, 3.63) is 65.2 Å². The molecule has 120 valence electrons. The Labute approximate surface area is 135 Å². The van der Waals surface area contributed by atoms with Crippen molar-refractivity contribution < 1.29 is 13.2 Å². The first kappa shape index (κ1) is 16.9. The molecule has 6 heteroatoms. The van der Waals surface area contributed by atoms with Gasteiger partial charge >= 0.3 is 0 Å². The van der Waals surface area contributed by atoms with E-state index >= 15 is 0 Å². The van der Waals surface area contributed by atoms with Crippen molar-refractivity contribution in [1.29, 1.82) is 0 Å². The van der Waals surface area contributed by atoms with Gasteiger partial charge in [0.2, 0.25) is 15.9 Å². The van der Waals surface area contributed by atoms with E-state index in [2.05, 4.69) is 5.32 Å². The number of aryl methyl sites for hydroxylation is 2. The predicted octanol–water partition coefficient (Wildman–Crippen LogP) is 2.60. The molecule has 1 amide bonds. The van der Waals surface area contributed by atoms with Gasteiger partial charge in [0, 0.05) is 11.8 Å². The van der Waals surface area contributed by atoms with E-state index in [0.29, 0.717) is 5.69 Å². The number of hydrogen-bond acceptors (Lipinski definition) is 3. The molecule has 0 aliphatic rings. The van der Waals surface area contributed by atoms with Crippen molar-refractivity contribution in [2.45, 2.75) is 18.7 Å². The minimum Gasteiger partial charge on any atom is -0.322 e. The first-order valence-electron chi connectivity index (χ1n) is 6.95. The molecule has 0 aliphatic carbocycles. The summed E-state index contributed by atoms with van der Waals surface area (Å²) >= 11 is 0. The van der Waals surface area contributed by atoms with Crippen LogP contribution in [0.1, 0.15) is 16.7 Å². The first-order valence-corrected chi connectivity index (χ1v) is 8.49. The van der Waals surface area contributed by atoms with Gasteiger partial charge in [-0.25, -0.2) is 13.6 Å². The Hall–Kier alpha value is -2.44. The van der Waals surface area contributed by atoms with E-state index in [9.17, 15) is 13.2 Å². The Balaban J connectivity index is 2.15. The fraction of sp³-hybridized carbons (Fsp3) is 0.118. The van der Waals surface area contributed by atoms with Crippen LogP contribution in [-0.4, -0.2) is 14.3 Å². The van der Waals surface area contributed by atoms with Crippen LogP contribution in [0.25, 0.3) is 6.08 Å². The van der Waals surface area contributed by atoms with E-state index in [-0.39, 0.29) is 10.8 Å². The highest BCUT2D eigenvalue weighted by Crippen LogP contribution is 2.19. The molecule has 0 bridgehead atoms. The van der Waals surface area contributed by atoms with Crippen LogP contribution in [0.3, 0.4) is 0 Å². The zero-order chi connectivity index (χ0) is 17.0. The van der Waals surface area contributed by atoms with Crippen molar-refractivity contribution in [3.8, 4) is 0 Å². The fourth-order valence-electron chi connectivity index (χ4n) is 1.94. The van der Waals surface area contributed by atoms with E-state index in [1.807, 2.05) is 31.2 Å². The van der Waals surface area contributed by atoms with Gasteiger partial charge in [-0.3, -0.25) is 4.79 Å². The molecule has 0 spiro atoms. The van der Waals surface area contributed by atoms with E-state index in [1.54, 1.807) is 19.1 Å². The number of hydrogen-bond donors (Lipinski definition) is 2. The second-order valence-electron chi connectivity index (χ2n) is 5.26. The van der Waals surface area contributed by atoms with Crippen molar-refractivity contribution >= 4 is 27.7 Å². The number of carbonyl (C=O) groups excluding carboxylic acids is 1. The fourth-order valence-corrected chi connectivity index (χ4v) is 2.48. The van der Waals surface area contributed by atoms with Crippen LogP contribution in [0.2, 0.25) is 0 Å². The lowest BCUT2D eigenvalue weighted by Gasteiger charge is -2.08. The molecule has 23 heavy (non-hydrogen) atoms. The number of amides is 1. The normalized spacial score (nSPS) is 11.6. The van der Waals surface area contributed by atoms with Crippen molar-refractivity contribution in [2.75, 3.05) is 5.32 Å². The average molecular weight is 330 g/mol. The van der Waals surface area contributed by atoms with Crippen molar-refractivity contribution in [3.63, 3.8) is 0 Å². The van der Waals surface area contributed by atoms with Gasteiger partial charge in [0.25, 0.3) is 0 Å². The first-order chi connectivity index (χ1) is 10.8. The monoisotopic (exact) mass is 330 g/mol.